The molecule has 23 heavy (non-hydrogen) atoms. The van der Waals surface area contributed by atoms with Crippen molar-refractivity contribution in [2.45, 2.75) is 10.3 Å². The van der Waals surface area contributed by atoms with Gasteiger partial charge in [-0.1, -0.05) is 24.3 Å². The molecule has 0 radical (unpaired) electrons. The summed E-state index contributed by atoms with van der Waals surface area (Å²) in [6.07, 6.45) is 1.49. The topological polar surface area (TPSA) is 80.8 Å². The van der Waals surface area contributed by atoms with E-state index in [4.69, 9.17) is 13.2 Å². The molecule has 1 atom stereocenters. The van der Waals surface area contributed by atoms with E-state index in [1.807, 2.05) is 4.90 Å². The fourth-order valence-corrected chi connectivity index (χ4v) is 3.73. The largest absolute Gasteiger partial charge is 0.379 e. The molecule has 0 spiro atoms. The third kappa shape index (κ3) is 7.19. The lowest BCUT2D eigenvalue weighted by atomic mass is 10.4. The number of halogens is 2. The van der Waals surface area contributed by atoms with E-state index in [0.717, 1.165) is 0 Å². The smallest absolute Gasteiger partial charge is 0.317 e. The van der Waals surface area contributed by atoms with Crippen LogP contribution in [0.25, 0.3) is 0 Å². The van der Waals surface area contributed by atoms with E-state index in [-0.39, 0.29) is 0 Å². The molecule has 0 N–H and O–H groups in total. The summed E-state index contributed by atoms with van der Waals surface area (Å²) < 4.78 is 48.6. The molecular formula is C13H17Cl2NO5S2. The van der Waals surface area contributed by atoms with E-state index in [1.54, 1.807) is 30.3 Å². The maximum atomic E-state index is 12.5. The van der Waals surface area contributed by atoms with Gasteiger partial charge in [0.25, 0.3) is 0 Å². The summed E-state index contributed by atoms with van der Waals surface area (Å²) in [5, 5.41) is -0.677. The van der Waals surface area contributed by atoms with Crippen LogP contribution in [0.5, 0.6) is 0 Å². The van der Waals surface area contributed by atoms with Crippen LogP contribution in [0.15, 0.2) is 47.9 Å². The summed E-state index contributed by atoms with van der Waals surface area (Å²) in [4.78, 5) is 2.22. The van der Waals surface area contributed by atoms with Crippen LogP contribution in [0.4, 0.5) is 0 Å². The van der Waals surface area contributed by atoms with Crippen LogP contribution in [-0.2, 0) is 22.8 Å². The molecule has 0 amide bonds. The Morgan fingerprint density at radius 3 is 2.00 bits per heavy atom. The molecule has 10 heteroatoms. The van der Waals surface area contributed by atoms with Crippen LogP contribution in [0.1, 0.15) is 0 Å². The Morgan fingerprint density at radius 2 is 1.57 bits per heavy atom. The summed E-state index contributed by atoms with van der Waals surface area (Å²) in [5.74, 6) is 0. The number of ether oxygens (including phenoxy) is 1. The van der Waals surface area contributed by atoms with Gasteiger partial charge in [-0.3, -0.25) is 4.90 Å². The standard InChI is InChI=1S/C13H17NO3S.Cl2O2S/c1-2-13(14-8-10-17-11-9-14)18(15,16)12-6-4-3-5-7-12;1-5(2,3)4/h2-7,13H,1,8-11H2;. The minimum atomic E-state index is -3.72. The Morgan fingerprint density at radius 1 is 1.09 bits per heavy atom. The van der Waals surface area contributed by atoms with E-state index in [1.165, 1.54) is 6.08 Å². The zero-order chi connectivity index (χ0) is 17.5. The van der Waals surface area contributed by atoms with Gasteiger partial charge in [0.2, 0.25) is 0 Å². The second-order valence-corrected chi connectivity index (χ2v) is 10.2. The Hall–Kier alpha value is -0.640. The maximum absolute atomic E-state index is 12.5. The molecule has 0 saturated carbocycles. The monoisotopic (exact) mass is 401 g/mol. The summed E-state index contributed by atoms with van der Waals surface area (Å²) >= 11 is 0. The minimum Gasteiger partial charge on any atom is -0.379 e. The fraction of sp³-hybridized carbons (Fsp3) is 0.385. The average molecular weight is 402 g/mol. The minimum absolute atomic E-state index is 0.335. The van der Waals surface area contributed by atoms with Gasteiger partial charge in [-0.2, -0.15) is 8.42 Å². The fourth-order valence-electron chi connectivity index (χ4n) is 2.05. The second-order valence-electron chi connectivity index (χ2n) is 4.51. The Labute approximate surface area is 145 Å². The number of benzene rings is 1. The van der Waals surface area contributed by atoms with Gasteiger partial charge in [0.1, 0.15) is 5.37 Å². The molecule has 2 rings (SSSR count). The van der Waals surface area contributed by atoms with E-state index in [2.05, 4.69) is 27.9 Å². The molecule has 1 aliphatic heterocycles. The molecule has 1 aliphatic rings. The van der Waals surface area contributed by atoms with E-state index in [9.17, 15) is 8.42 Å². The number of hydrogen-bond donors (Lipinski definition) is 0. The van der Waals surface area contributed by atoms with Crippen molar-refractivity contribution in [2.75, 3.05) is 26.3 Å². The molecule has 1 aromatic rings. The summed E-state index contributed by atoms with van der Waals surface area (Å²) in [6, 6.07) is 8.49. The van der Waals surface area contributed by atoms with Crippen molar-refractivity contribution in [3.05, 3.63) is 43.0 Å². The van der Waals surface area contributed by atoms with Crippen molar-refractivity contribution in [1.82, 2.24) is 4.90 Å². The molecule has 6 nitrogen and oxygen atoms in total. The zero-order valence-corrected chi connectivity index (χ0v) is 15.3. The summed E-state index contributed by atoms with van der Waals surface area (Å²) in [6.45, 7) is 6.02. The van der Waals surface area contributed by atoms with Gasteiger partial charge >= 0.3 is 8.26 Å². The van der Waals surface area contributed by atoms with Crippen molar-refractivity contribution in [3.8, 4) is 0 Å². The van der Waals surface area contributed by atoms with Crippen LogP contribution in [-0.4, -0.2) is 53.4 Å². The highest BCUT2D eigenvalue weighted by Gasteiger charge is 2.31. The lowest BCUT2D eigenvalue weighted by Gasteiger charge is -2.32. The van der Waals surface area contributed by atoms with Crippen molar-refractivity contribution in [1.29, 1.82) is 0 Å². The third-order valence-corrected chi connectivity index (χ3v) is 5.05. The normalized spacial score (nSPS) is 17.7. The summed E-state index contributed by atoms with van der Waals surface area (Å²) in [7, 11) is 1.41. The summed E-state index contributed by atoms with van der Waals surface area (Å²) in [5.41, 5.74) is 0. The van der Waals surface area contributed by atoms with E-state index in [0.29, 0.717) is 31.2 Å². The molecule has 0 aliphatic carbocycles. The van der Waals surface area contributed by atoms with Crippen LogP contribution in [0, 0.1) is 0 Å². The Kier molecular flexibility index (Phi) is 7.99. The molecule has 1 saturated heterocycles. The second kappa shape index (κ2) is 9.00. The van der Waals surface area contributed by atoms with E-state index < -0.39 is 23.5 Å². The first-order chi connectivity index (χ1) is 10.7. The highest BCUT2D eigenvalue weighted by atomic mass is 36.0. The first-order valence-corrected chi connectivity index (χ1v) is 11.2. The molecular weight excluding hydrogens is 385 g/mol. The van der Waals surface area contributed by atoms with Crippen molar-refractivity contribution in [2.24, 2.45) is 0 Å². The first-order valence-electron chi connectivity index (χ1n) is 6.54. The Balaban J connectivity index is 0.000000463. The van der Waals surface area contributed by atoms with E-state index >= 15 is 0 Å². The van der Waals surface area contributed by atoms with Gasteiger partial charge in [-0.15, -0.1) is 6.58 Å². The first kappa shape index (κ1) is 20.4. The van der Waals surface area contributed by atoms with Crippen LogP contribution in [0.3, 0.4) is 0 Å². The lowest BCUT2D eigenvalue weighted by Crippen LogP contribution is -2.46. The Bertz CT molecular complexity index is 693. The SMILES string of the molecule is C=CC(N1CCOCC1)S(=O)(=O)c1ccccc1.O=S(=O)(Cl)Cl. The van der Waals surface area contributed by atoms with Crippen molar-refractivity contribution >= 4 is 39.5 Å². The highest BCUT2D eigenvalue weighted by molar-refractivity contribution is 8.31. The number of sulfone groups is 1. The van der Waals surface area contributed by atoms with Gasteiger partial charge < -0.3 is 4.74 Å². The maximum Gasteiger partial charge on any atom is 0.317 e. The molecule has 130 valence electrons. The predicted molar refractivity (Wildman–Crippen MR) is 90.6 cm³/mol. The molecule has 1 heterocycles. The number of hydrogen-bond acceptors (Lipinski definition) is 6. The molecule has 0 bridgehead atoms. The molecule has 1 fully saturated rings. The van der Waals surface area contributed by atoms with Gasteiger partial charge in [0.05, 0.1) is 18.1 Å². The third-order valence-electron chi connectivity index (χ3n) is 3.00. The van der Waals surface area contributed by atoms with Crippen LogP contribution < -0.4 is 0 Å². The van der Waals surface area contributed by atoms with Crippen LogP contribution in [0.2, 0.25) is 0 Å². The average Bonchev–Trinajstić information content (AvgIpc) is 2.48. The molecule has 1 unspecified atom stereocenters. The van der Waals surface area contributed by atoms with Gasteiger partial charge in [-0.05, 0) is 12.1 Å². The van der Waals surface area contributed by atoms with Crippen molar-refractivity contribution < 1.29 is 21.6 Å². The van der Waals surface area contributed by atoms with Gasteiger partial charge in [0, 0.05) is 34.5 Å². The van der Waals surface area contributed by atoms with Gasteiger partial charge in [0.15, 0.2) is 9.84 Å². The molecule has 1 aromatic carbocycles. The number of rotatable bonds is 4. The van der Waals surface area contributed by atoms with Gasteiger partial charge in [-0.25, -0.2) is 8.42 Å². The number of morpholine rings is 1. The van der Waals surface area contributed by atoms with Crippen molar-refractivity contribution in [3.63, 3.8) is 0 Å². The predicted octanol–water partition coefficient (Wildman–Crippen LogP) is 2.01. The van der Waals surface area contributed by atoms with Crippen LogP contribution >= 0.6 is 21.4 Å². The lowest BCUT2D eigenvalue weighted by molar-refractivity contribution is 0.0374. The number of nitrogens with zero attached hydrogens (tertiary/aromatic N) is 1. The molecule has 0 aromatic heterocycles. The quantitative estimate of drug-likeness (QED) is 0.566. The highest BCUT2D eigenvalue weighted by Crippen LogP contribution is 2.20. The zero-order valence-electron chi connectivity index (χ0n) is 12.1.